The van der Waals surface area contributed by atoms with E-state index >= 15 is 0 Å². The lowest BCUT2D eigenvalue weighted by Crippen LogP contribution is -2.39. The Morgan fingerprint density at radius 2 is 2.16 bits per heavy atom. The number of hydrogen-bond acceptors (Lipinski definition) is 4. The first-order valence-corrected chi connectivity index (χ1v) is 7.86. The normalized spacial score (nSPS) is 15.9. The molecular weight excluding hydrogens is 272 g/mol. The van der Waals surface area contributed by atoms with E-state index in [1.807, 2.05) is 0 Å². The van der Waals surface area contributed by atoms with Gasteiger partial charge in [-0.1, -0.05) is 0 Å². The maximum atomic E-state index is 11.7. The first kappa shape index (κ1) is 16.4. The van der Waals surface area contributed by atoms with Crippen molar-refractivity contribution in [2.24, 2.45) is 5.92 Å². The quantitative estimate of drug-likeness (QED) is 0.525. The van der Waals surface area contributed by atoms with Crippen LogP contribution in [0, 0.1) is 5.92 Å². The fourth-order valence-corrected chi connectivity index (χ4v) is 2.35. The molecule has 0 amide bonds. The second-order valence-electron chi connectivity index (χ2n) is 4.74. The smallest absolute Gasteiger partial charge is 0.304 e. The molecule has 1 fully saturated rings. The van der Waals surface area contributed by atoms with Crippen molar-refractivity contribution in [3.8, 4) is 0 Å². The molecule has 19 heavy (non-hydrogen) atoms. The number of carboxylic acids is 1. The Morgan fingerprint density at radius 1 is 1.47 bits per heavy atom. The molecule has 1 aliphatic carbocycles. The van der Waals surface area contributed by atoms with E-state index in [2.05, 4.69) is 4.72 Å². The summed E-state index contributed by atoms with van der Waals surface area (Å²) >= 11 is 0. The number of nitrogens with one attached hydrogen (secondary N) is 1. The number of carbonyl (C=O) groups is 1. The number of rotatable bonds is 11. The van der Waals surface area contributed by atoms with Gasteiger partial charge in [0.2, 0.25) is 0 Å². The minimum absolute atomic E-state index is 0.0388. The van der Waals surface area contributed by atoms with E-state index in [0.29, 0.717) is 25.5 Å². The van der Waals surface area contributed by atoms with Crippen molar-refractivity contribution < 1.29 is 23.1 Å². The average molecular weight is 294 g/mol. The summed E-state index contributed by atoms with van der Waals surface area (Å²) in [6.45, 7) is 1.57. The van der Waals surface area contributed by atoms with E-state index in [1.165, 1.54) is 19.9 Å². The maximum absolute atomic E-state index is 11.7. The summed E-state index contributed by atoms with van der Waals surface area (Å²) in [7, 11) is -2.23. The van der Waals surface area contributed by atoms with Gasteiger partial charge in [-0.25, -0.2) is 4.72 Å². The number of nitrogens with zero attached hydrogens (tertiary/aromatic N) is 1. The zero-order chi connectivity index (χ0) is 14.3. The third-order valence-corrected chi connectivity index (χ3v) is 4.42. The summed E-state index contributed by atoms with van der Waals surface area (Å²) in [5.41, 5.74) is 0. The largest absolute Gasteiger partial charge is 0.481 e. The van der Waals surface area contributed by atoms with Gasteiger partial charge >= 0.3 is 5.97 Å². The van der Waals surface area contributed by atoms with Gasteiger partial charge < -0.3 is 9.84 Å². The predicted molar refractivity (Wildman–Crippen MR) is 70.0 cm³/mol. The molecule has 2 N–H and O–H groups in total. The van der Waals surface area contributed by atoms with Gasteiger partial charge in [-0.3, -0.25) is 4.79 Å². The molecule has 0 radical (unpaired) electrons. The third-order valence-electron chi connectivity index (χ3n) is 2.85. The van der Waals surface area contributed by atoms with Gasteiger partial charge in [0, 0.05) is 33.4 Å². The molecule has 112 valence electrons. The highest BCUT2D eigenvalue weighted by atomic mass is 32.2. The molecule has 0 heterocycles. The summed E-state index contributed by atoms with van der Waals surface area (Å²) < 4.78 is 32.2. The van der Waals surface area contributed by atoms with Crippen molar-refractivity contribution >= 4 is 16.2 Å². The Labute approximate surface area is 114 Å². The molecule has 0 aromatic rings. The third kappa shape index (κ3) is 7.46. The van der Waals surface area contributed by atoms with Crippen LogP contribution in [0.5, 0.6) is 0 Å². The average Bonchev–Trinajstić information content (AvgIpc) is 3.14. The molecule has 1 aliphatic rings. The minimum atomic E-state index is -3.58. The monoisotopic (exact) mass is 294 g/mol. The Morgan fingerprint density at radius 3 is 2.74 bits per heavy atom. The van der Waals surface area contributed by atoms with Crippen molar-refractivity contribution in [3.63, 3.8) is 0 Å². The first-order chi connectivity index (χ1) is 8.92. The van der Waals surface area contributed by atoms with Crippen LogP contribution in [0.1, 0.15) is 25.7 Å². The lowest BCUT2D eigenvalue weighted by atomic mass is 10.4. The molecule has 0 aromatic heterocycles. The van der Waals surface area contributed by atoms with Crippen LogP contribution >= 0.6 is 0 Å². The summed E-state index contributed by atoms with van der Waals surface area (Å²) in [4.78, 5) is 10.4. The molecule has 0 unspecified atom stereocenters. The zero-order valence-electron chi connectivity index (χ0n) is 11.2. The van der Waals surface area contributed by atoms with Gasteiger partial charge in [0.05, 0.1) is 6.42 Å². The van der Waals surface area contributed by atoms with Crippen LogP contribution in [-0.2, 0) is 19.7 Å². The second kappa shape index (κ2) is 7.78. The molecule has 0 spiro atoms. The molecule has 0 bridgehead atoms. The molecule has 8 heteroatoms. The molecule has 0 aliphatic heterocycles. The van der Waals surface area contributed by atoms with Gasteiger partial charge in [0.25, 0.3) is 10.2 Å². The Kier molecular flexibility index (Phi) is 6.70. The van der Waals surface area contributed by atoms with Crippen LogP contribution in [0.25, 0.3) is 0 Å². The highest BCUT2D eigenvalue weighted by Crippen LogP contribution is 2.28. The van der Waals surface area contributed by atoms with E-state index in [4.69, 9.17) is 9.84 Å². The molecule has 1 rings (SSSR count). The van der Waals surface area contributed by atoms with Crippen molar-refractivity contribution in [3.05, 3.63) is 0 Å². The van der Waals surface area contributed by atoms with Gasteiger partial charge in [-0.2, -0.15) is 12.7 Å². The maximum Gasteiger partial charge on any atom is 0.304 e. The topological polar surface area (TPSA) is 95.9 Å². The second-order valence-corrected chi connectivity index (χ2v) is 6.60. The van der Waals surface area contributed by atoms with E-state index in [9.17, 15) is 13.2 Å². The van der Waals surface area contributed by atoms with E-state index < -0.39 is 16.2 Å². The van der Waals surface area contributed by atoms with Gasteiger partial charge in [0.1, 0.15) is 0 Å². The Bertz CT molecular complexity index is 381. The van der Waals surface area contributed by atoms with Crippen LogP contribution in [0.15, 0.2) is 0 Å². The molecule has 0 aromatic carbocycles. The van der Waals surface area contributed by atoms with Crippen LogP contribution < -0.4 is 4.72 Å². The highest BCUT2D eigenvalue weighted by Gasteiger charge is 2.21. The first-order valence-electron chi connectivity index (χ1n) is 6.42. The molecule has 0 saturated heterocycles. The van der Waals surface area contributed by atoms with Gasteiger partial charge in [-0.15, -0.1) is 0 Å². The van der Waals surface area contributed by atoms with E-state index in [0.717, 1.165) is 10.9 Å². The van der Waals surface area contributed by atoms with Crippen molar-refractivity contribution in [1.82, 2.24) is 9.03 Å². The molecule has 1 saturated carbocycles. The number of hydrogen-bond donors (Lipinski definition) is 2. The molecule has 0 atom stereocenters. The summed E-state index contributed by atoms with van der Waals surface area (Å²) in [5, 5.41) is 8.49. The molecular formula is C11H22N2O5S. The number of ether oxygens (including phenoxy) is 1. The summed E-state index contributed by atoms with van der Waals surface area (Å²) in [6, 6.07) is 0. The van der Waals surface area contributed by atoms with Gasteiger partial charge in [0.15, 0.2) is 0 Å². The number of aliphatic carboxylic acids is 1. The Hall–Kier alpha value is -0.700. The number of carboxylic acid groups (broad SMARTS) is 1. The lowest BCUT2D eigenvalue weighted by molar-refractivity contribution is -0.137. The van der Waals surface area contributed by atoms with E-state index in [-0.39, 0.29) is 13.0 Å². The fourth-order valence-electron chi connectivity index (χ4n) is 1.39. The van der Waals surface area contributed by atoms with Crippen LogP contribution in [-0.4, -0.2) is 57.1 Å². The SMILES string of the molecule is CN(CCC(=O)O)S(=O)(=O)NCCCOCC1CC1. The summed E-state index contributed by atoms with van der Waals surface area (Å²) in [5.74, 6) is -0.311. The standard InChI is InChI=1S/C11H22N2O5S/c1-13(7-5-11(14)15)19(16,17)12-6-2-8-18-9-10-3-4-10/h10,12H,2-9H2,1H3,(H,14,15). The van der Waals surface area contributed by atoms with Crippen LogP contribution in [0.3, 0.4) is 0 Å². The Balaban J connectivity index is 2.08. The lowest BCUT2D eigenvalue weighted by Gasteiger charge is -2.16. The summed E-state index contributed by atoms with van der Waals surface area (Å²) in [6.07, 6.45) is 2.88. The van der Waals surface area contributed by atoms with E-state index in [1.54, 1.807) is 0 Å². The fraction of sp³-hybridized carbons (Fsp3) is 0.909. The predicted octanol–water partition coefficient (Wildman–Crippen LogP) is 0.0440. The minimum Gasteiger partial charge on any atom is -0.481 e. The zero-order valence-corrected chi connectivity index (χ0v) is 12.0. The van der Waals surface area contributed by atoms with Crippen molar-refractivity contribution in [2.45, 2.75) is 25.7 Å². The highest BCUT2D eigenvalue weighted by molar-refractivity contribution is 7.87. The van der Waals surface area contributed by atoms with Crippen molar-refractivity contribution in [1.29, 1.82) is 0 Å². The van der Waals surface area contributed by atoms with Crippen LogP contribution in [0.4, 0.5) is 0 Å². The van der Waals surface area contributed by atoms with Crippen LogP contribution in [0.2, 0.25) is 0 Å². The van der Waals surface area contributed by atoms with Gasteiger partial charge in [-0.05, 0) is 25.2 Å². The van der Waals surface area contributed by atoms with Crippen molar-refractivity contribution in [2.75, 3.05) is 33.4 Å². The molecule has 7 nitrogen and oxygen atoms in total.